The second-order valence-corrected chi connectivity index (χ2v) is 14.7. The van der Waals surface area contributed by atoms with Crippen LogP contribution in [-0.2, 0) is 20.2 Å². The molecule has 0 spiro atoms. The molecule has 24 heteroatoms. The molecule has 0 aliphatic carbocycles. The standard InChI is InChI=1S/C36H36N12O8S2.2Na.2H/c49-19-17-37-31-43-33(39-25-7-3-1-4-8-25)47-35(45-31)41-27-15-13-23(29(21-27)57(51,52)53)11-12-24-14-16-28(22-30(24)58(54,55)56)42-36-46-32(38-18-20-50)44-34(48-36)40-26-9-5-2-6-10-26;;;;/h1-16,21-22,49-50H,17-20H2,(H,51,52,53)(H,54,55,56)(H3,37,39,41,43,45,47)(H3,38,40,42,44,46,48);;;;/q;2*+1;2*-1/b12-11+;;;;. The number of aliphatic hydroxyl groups is 2. The molecule has 0 saturated carbocycles. The van der Waals surface area contributed by atoms with Crippen LogP contribution < -0.4 is 91.0 Å². The summed E-state index contributed by atoms with van der Waals surface area (Å²) in [6, 6.07) is 26.0. The maximum Gasteiger partial charge on any atom is 1.00 e. The van der Waals surface area contributed by atoms with Gasteiger partial charge in [0.1, 0.15) is 9.79 Å². The van der Waals surface area contributed by atoms with E-state index in [4.69, 9.17) is 0 Å². The number of benzene rings is 4. The summed E-state index contributed by atoms with van der Waals surface area (Å²) in [7, 11) is -9.70. The summed E-state index contributed by atoms with van der Waals surface area (Å²) in [5, 5.41) is 36.1. The van der Waals surface area contributed by atoms with Gasteiger partial charge in [0.25, 0.3) is 20.2 Å². The normalized spacial score (nSPS) is 11.2. The zero-order valence-corrected chi connectivity index (χ0v) is 37.8. The van der Waals surface area contributed by atoms with Crippen molar-refractivity contribution in [2.45, 2.75) is 9.79 Å². The van der Waals surface area contributed by atoms with Crippen LogP contribution in [0.15, 0.2) is 107 Å². The summed E-state index contributed by atoms with van der Waals surface area (Å²) in [5.41, 5.74) is 1.59. The molecule has 0 unspecified atom stereocenters. The van der Waals surface area contributed by atoms with Crippen LogP contribution in [0.4, 0.5) is 58.4 Å². The zero-order chi connectivity index (χ0) is 41.1. The molecule has 6 aromatic rings. The SMILES string of the molecule is O=S(=O)(O)c1cc(Nc2nc(NCCO)nc(Nc3ccccc3)n2)ccc1/C=C/c1ccc(Nc2nc(NCCO)nc(Nc3ccccc3)n2)cc1S(=O)(=O)O.[H-].[H-].[Na+].[Na+]. The number of hydrogen-bond donors (Lipinski definition) is 10. The van der Waals surface area contributed by atoms with Crippen molar-refractivity contribution in [2.24, 2.45) is 0 Å². The Balaban J connectivity index is 0.00000331. The van der Waals surface area contributed by atoms with Crippen molar-refractivity contribution in [1.29, 1.82) is 0 Å². The Kier molecular flexibility index (Phi) is 17.7. The first-order chi connectivity index (χ1) is 27.9. The molecule has 6 rings (SSSR count). The van der Waals surface area contributed by atoms with Crippen LogP contribution in [0.1, 0.15) is 14.0 Å². The van der Waals surface area contributed by atoms with Gasteiger partial charge in [-0.1, -0.05) is 60.7 Å². The van der Waals surface area contributed by atoms with Gasteiger partial charge >= 0.3 is 59.1 Å². The van der Waals surface area contributed by atoms with Crippen molar-refractivity contribution in [3.63, 3.8) is 0 Å². The number of nitrogens with one attached hydrogen (secondary N) is 6. The van der Waals surface area contributed by atoms with E-state index < -0.39 is 30.0 Å². The number of rotatable bonds is 18. The third-order valence-electron chi connectivity index (χ3n) is 7.66. The molecule has 2 heterocycles. The fourth-order valence-corrected chi connectivity index (χ4v) is 6.57. The van der Waals surface area contributed by atoms with E-state index in [1.54, 1.807) is 24.3 Å². The van der Waals surface area contributed by atoms with E-state index in [0.717, 1.165) is 12.1 Å². The van der Waals surface area contributed by atoms with Crippen LogP contribution >= 0.6 is 0 Å². The van der Waals surface area contributed by atoms with Crippen molar-refractivity contribution in [3.05, 3.63) is 108 Å². The molecule has 10 N–H and O–H groups in total. The number of nitrogens with zero attached hydrogens (tertiary/aromatic N) is 6. The molecular formula is C36H38N12Na2O8S2. The minimum absolute atomic E-state index is 0. The molecule has 0 aliphatic rings. The summed E-state index contributed by atoms with van der Waals surface area (Å²) < 4.78 is 70.7. The molecule has 0 saturated heterocycles. The topological polar surface area (TPSA) is 299 Å². The van der Waals surface area contributed by atoms with E-state index in [1.807, 2.05) is 36.4 Å². The Bertz CT molecular complexity index is 2470. The van der Waals surface area contributed by atoms with Crippen molar-refractivity contribution in [3.8, 4) is 0 Å². The summed E-state index contributed by atoms with van der Waals surface area (Å²) in [6.45, 7) is -0.123. The molecule has 0 atom stereocenters. The average molecular weight is 877 g/mol. The van der Waals surface area contributed by atoms with Gasteiger partial charge < -0.3 is 45.0 Å². The Morgan fingerprint density at radius 1 is 0.467 bits per heavy atom. The quantitative estimate of drug-likeness (QED) is 0.0274. The fraction of sp³-hybridized carbons (Fsp3) is 0.111. The van der Waals surface area contributed by atoms with E-state index in [1.165, 1.54) is 36.4 Å². The van der Waals surface area contributed by atoms with Gasteiger partial charge in [0.05, 0.1) is 13.2 Å². The number of aromatic nitrogens is 6. The van der Waals surface area contributed by atoms with Gasteiger partial charge in [-0.2, -0.15) is 46.7 Å². The van der Waals surface area contributed by atoms with Gasteiger partial charge in [0.15, 0.2) is 0 Å². The van der Waals surface area contributed by atoms with Crippen LogP contribution in [-0.4, -0.2) is 92.4 Å². The maximum absolute atomic E-state index is 12.6. The molecular weight excluding hydrogens is 839 g/mol. The average Bonchev–Trinajstić information content (AvgIpc) is 3.19. The van der Waals surface area contributed by atoms with Crippen molar-refractivity contribution in [1.82, 2.24) is 29.9 Å². The van der Waals surface area contributed by atoms with Crippen molar-refractivity contribution < 1.29 is 98.1 Å². The van der Waals surface area contributed by atoms with E-state index in [-0.39, 0.29) is 146 Å². The predicted molar refractivity (Wildman–Crippen MR) is 220 cm³/mol. The molecule has 0 aliphatic heterocycles. The summed E-state index contributed by atoms with van der Waals surface area (Å²) >= 11 is 0. The Morgan fingerprint density at radius 2 is 0.783 bits per heavy atom. The molecule has 20 nitrogen and oxygen atoms in total. The monoisotopic (exact) mass is 876 g/mol. The summed E-state index contributed by atoms with van der Waals surface area (Å²) in [6.07, 6.45) is 2.50. The smallest absolute Gasteiger partial charge is 1.00 e. The second kappa shape index (κ2) is 22.1. The van der Waals surface area contributed by atoms with Gasteiger partial charge in [-0.25, -0.2) is 0 Å². The van der Waals surface area contributed by atoms with Crippen LogP contribution in [0.2, 0.25) is 0 Å². The third kappa shape index (κ3) is 13.9. The fourth-order valence-electron chi connectivity index (χ4n) is 5.15. The van der Waals surface area contributed by atoms with Gasteiger partial charge in [-0.15, -0.1) is 0 Å². The largest absolute Gasteiger partial charge is 1.00 e. The molecule has 2 aromatic heterocycles. The van der Waals surface area contributed by atoms with E-state index in [0.29, 0.717) is 11.4 Å². The zero-order valence-electron chi connectivity index (χ0n) is 34.1. The Labute approximate surface area is 391 Å². The molecule has 0 amide bonds. The first kappa shape index (κ1) is 47.9. The van der Waals surface area contributed by atoms with Crippen molar-refractivity contribution in [2.75, 3.05) is 58.2 Å². The number of para-hydroxylation sites is 2. The van der Waals surface area contributed by atoms with Crippen LogP contribution in [0.25, 0.3) is 12.2 Å². The molecule has 4 aromatic carbocycles. The summed E-state index contributed by atoms with van der Waals surface area (Å²) in [5.74, 6) is 0.452. The predicted octanol–water partition coefficient (Wildman–Crippen LogP) is -1.26. The number of aliphatic hydroxyl groups excluding tert-OH is 2. The number of anilines is 10. The van der Waals surface area contributed by atoms with E-state index in [9.17, 15) is 36.2 Å². The van der Waals surface area contributed by atoms with E-state index >= 15 is 0 Å². The third-order valence-corrected chi connectivity index (χ3v) is 9.48. The molecule has 0 bridgehead atoms. The first-order valence-electron chi connectivity index (χ1n) is 17.2. The molecule has 0 radical (unpaired) electrons. The van der Waals surface area contributed by atoms with Gasteiger partial charge in [0.2, 0.25) is 35.7 Å². The number of hydrogen-bond acceptors (Lipinski definition) is 18. The minimum Gasteiger partial charge on any atom is -1.00 e. The summed E-state index contributed by atoms with van der Waals surface area (Å²) in [4.78, 5) is 24.7. The van der Waals surface area contributed by atoms with E-state index in [2.05, 4.69) is 61.8 Å². The molecule has 0 fully saturated rings. The van der Waals surface area contributed by atoms with Gasteiger partial charge in [-0.3, -0.25) is 9.11 Å². The van der Waals surface area contributed by atoms with Crippen molar-refractivity contribution >= 4 is 90.8 Å². The second-order valence-electron chi connectivity index (χ2n) is 11.9. The Hall–Kier alpha value is -4.82. The van der Waals surface area contributed by atoms with Crippen LogP contribution in [0, 0.1) is 0 Å². The van der Waals surface area contributed by atoms with Gasteiger partial charge in [-0.05, 0) is 59.7 Å². The first-order valence-corrected chi connectivity index (χ1v) is 20.1. The minimum atomic E-state index is -4.85. The molecule has 60 heavy (non-hydrogen) atoms. The van der Waals surface area contributed by atoms with Crippen LogP contribution in [0.5, 0.6) is 0 Å². The van der Waals surface area contributed by atoms with Gasteiger partial charge in [0, 0.05) is 35.8 Å². The molecule has 304 valence electrons. The maximum atomic E-state index is 12.6. The Morgan fingerprint density at radius 3 is 1.10 bits per heavy atom. The van der Waals surface area contributed by atoms with Crippen LogP contribution in [0.3, 0.4) is 0 Å².